The number of hydrogen-bond donors (Lipinski definition) is 1. The summed E-state index contributed by atoms with van der Waals surface area (Å²) >= 11 is 6.24. The Kier molecular flexibility index (Phi) is 7.09. The van der Waals surface area contributed by atoms with E-state index in [9.17, 15) is 9.59 Å². The number of carbonyl (C=O) groups excluding carboxylic acids is 2. The van der Waals surface area contributed by atoms with Crippen LogP contribution in [0.25, 0.3) is 6.08 Å². The lowest BCUT2D eigenvalue weighted by atomic mass is 10.1. The number of rotatable bonds is 7. The quantitative estimate of drug-likeness (QED) is 0.551. The molecule has 0 atom stereocenters. The molecule has 0 unspecified atom stereocenters. The molecule has 154 valence electrons. The molecule has 1 saturated carbocycles. The zero-order valence-electron chi connectivity index (χ0n) is 16.8. The molecule has 1 amide bonds. The first kappa shape index (κ1) is 21.1. The van der Waals surface area contributed by atoms with Gasteiger partial charge in [-0.2, -0.15) is 5.10 Å². The molecular weight excluding hydrogens is 390 g/mol. The molecule has 0 aliphatic heterocycles. The van der Waals surface area contributed by atoms with Crippen molar-refractivity contribution in [2.75, 3.05) is 6.61 Å². The smallest absolute Gasteiger partial charge is 0.331 e. The van der Waals surface area contributed by atoms with Crippen LogP contribution in [0.1, 0.15) is 48.2 Å². The molecule has 1 aromatic carbocycles. The zero-order chi connectivity index (χ0) is 20.8. The lowest BCUT2D eigenvalue weighted by molar-refractivity contribution is -0.144. The summed E-state index contributed by atoms with van der Waals surface area (Å²) in [6.45, 7) is 4.11. The molecule has 29 heavy (non-hydrogen) atoms. The molecule has 1 aliphatic rings. The van der Waals surface area contributed by atoms with E-state index in [1.165, 1.54) is 6.08 Å². The van der Waals surface area contributed by atoms with E-state index in [1.807, 2.05) is 42.8 Å². The van der Waals surface area contributed by atoms with Crippen LogP contribution in [-0.2, 0) is 20.9 Å². The van der Waals surface area contributed by atoms with Gasteiger partial charge in [0.05, 0.1) is 12.2 Å². The maximum absolute atomic E-state index is 12.0. The van der Waals surface area contributed by atoms with Gasteiger partial charge in [-0.3, -0.25) is 9.48 Å². The Balaban J connectivity index is 1.57. The summed E-state index contributed by atoms with van der Waals surface area (Å²) in [6, 6.07) is 7.85. The van der Waals surface area contributed by atoms with Crippen molar-refractivity contribution in [2.45, 2.75) is 52.1 Å². The average molecular weight is 416 g/mol. The maximum atomic E-state index is 12.0. The molecule has 0 radical (unpaired) electrons. The van der Waals surface area contributed by atoms with Gasteiger partial charge >= 0.3 is 5.97 Å². The summed E-state index contributed by atoms with van der Waals surface area (Å²) in [5, 5.41) is 8.13. The number of nitrogens with zero attached hydrogens (tertiary/aromatic N) is 2. The molecule has 3 rings (SSSR count). The van der Waals surface area contributed by atoms with Crippen LogP contribution < -0.4 is 5.32 Å². The third kappa shape index (κ3) is 5.70. The second-order valence-electron chi connectivity index (χ2n) is 7.32. The van der Waals surface area contributed by atoms with Crippen LogP contribution in [-0.4, -0.2) is 34.3 Å². The van der Waals surface area contributed by atoms with Crippen molar-refractivity contribution in [3.05, 3.63) is 57.9 Å². The third-order valence-electron chi connectivity index (χ3n) is 5.17. The van der Waals surface area contributed by atoms with Gasteiger partial charge in [-0.1, -0.05) is 42.6 Å². The molecule has 1 heterocycles. The van der Waals surface area contributed by atoms with Crippen molar-refractivity contribution in [3.63, 3.8) is 0 Å². The lowest BCUT2D eigenvalue weighted by Gasteiger charge is -2.11. The van der Waals surface area contributed by atoms with Crippen molar-refractivity contribution in [2.24, 2.45) is 0 Å². The summed E-state index contributed by atoms with van der Waals surface area (Å²) in [6.07, 6.45) is 7.27. The second kappa shape index (κ2) is 9.74. The molecule has 6 nitrogen and oxygen atoms in total. The van der Waals surface area contributed by atoms with Gasteiger partial charge in [-0.05, 0) is 44.4 Å². The van der Waals surface area contributed by atoms with Crippen LogP contribution in [0.2, 0.25) is 5.02 Å². The number of nitrogens with one attached hydrogen (secondary N) is 1. The molecule has 1 aliphatic carbocycles. The van der Waals surface area contributed by atoms with E-state index < -0.39 is 5.97 Å². The van der Waals surface area contributed by atoms with Crippen LogP contribution in [0.15, 0.2) is 30.3 Å². The standard InChI is InChI=1S/C22H26ClN3O3/c1-15-19(16(2)26(25-15)13-17-7-3-6-10-20(17)23)11-12-22(28)29-14-21(27)24-18-8-4-5-9-18/h3,6-7,10-12,18H,4-5,8-9,13-14H2,1-2H3,(H,24,27)/b12-11+. The normalized spacial score (nSPS) is 14.4. The Labute approximate surface area is 175 Å². The minimum atomic E-state index is -0.552. The number of esters is 1. The number of benzene rings is 1. The Hall–Kier alpha value is -2.60. The number of ether oxygens (including phenoxy) is 1. The predicted octanol–water partition coefficient (Wildman–Crippen LogP) is 3.82. The van der Waals surface area contributed by atoms with Gasteiger partial charge in [-0.15, -0.1) is 0 Å². The van der Waals surface area contributed by atoms with Gasteiger partial charge in [-0.25, -0.2) is 4.79 Å². The fourth-order valence-corrected chi connectivity index (χ4v) is 3.77. The van der Waals surface area contributed by atoms with Gasteiger partial charge in [0.2, 0.25) is 0 Å². The molecule has 0 spiro atoms. The largest absolute Gasteiger partial charge is 0.452 e. The molecule has 0 saturated heterocycles. The number of hydrogen-bond acceptors (Lipinski definition) is 4. The predicted molar refractivity (Wildman–Crippen MR) is 113 cm³/mol. The van der Waals surface area contributed by atoms with Crippen molar-refractivity contribution in [3.8, 4) is 0 Å². The van der Waals surface area contributed by atoms with E-state index in [2.05, 4.69) is 10.4 Å². The van der Waals surface area contributed by atoms with Crippen LogP contribution in [0.3, 0.4) is 0 Å². The van der Waals surface area contributed by atoms with Crippen LogP contribution in [0, 0.1) is 13.8 Å². The van der Waals surface area contributed by atoms with Gasteiger partial charge in [0.25, 0.3) is 5.91 Å². The molecule has 1 fully saturated rings. The van der Waals surface area contributed by atoms with Crippen LogP contribution >= 0.6 is 11.6 Å². The van der Waals surface area contributed by atoms with Crippen molar-refractivity contribution >= 4 is 29.6 Å². The molecule has 0 bridgehead atoms. The zero-order valence-corrected chi connectivity index (χ0v) is 17.5. The van der Waals surface area contributed by atoms with Gasteiger partial charge < -0.3 is 10.1 Å². The number of aryl methyl sites for hydroxylation is 1. The number of carbonyl (C=O) groups is 2. The Bertz CT molecular complexity index is 914. The highest BCUT2D eigenvalue weighted by Crippen LogP contribution is 2.20. The van der Waals surface area contributed by atoms with Gasteiger partial charge in [0.1, 0.15) is 0 Å². The molecule has 7 heteroatoms. The summed E-state index contributed by atoms with van der Waals surface area (Å²) in [4.78, 5) is 23.8. The highest BCUT2D eigenvalue weighted by Gasteiger charge is 2.17. The van der Waals surface area contributed by atoms with E-state index in [-0.39, 0.29) is 18.6 Å². The van der Waals surface area contributed by atoms with E-state index >= 15 is 0 Å². The molecule has 2 aromatic rings. The van der Waals surface area contributed by atoms with Crippen molar-refractivity contribution < 1.29 is 14.3 Å². The maximum Gasteiger partial charge on any atom is 0.331 e. The minimum Gasteiger partial charge on any atom is -0.452 e. The Morgan fingerprint density at radius 2 is 2.00 bits per heavy atom. The average Bonchev–Trinajstić information content (AvgIpc) is 3.29. The van der Waals surface area contributed by atoms with Crippen molar-refractivity contribution in [1.82, 2.24) is 15.1 Å². The minimum absolute atomic E-state index is 0.214. The van der Waals surface area contributed by atoms with E-state index in [1.54, 1.807) is 6.08 Å². The first-order valence-electron chi connectivity index (χ1n) is 9.85. The van der Waals surface area contributed by atoms with Crippen LogP contribution in [0.5, 0.6) is 0 Å². The number of halogens is 1. The van der Waals surface area contributed by atoms with Crippen LogP contribution in [0.4, 0.5) is 0 Å². The van der Waals surface area contributed by atoms with Gasteiger partial charge in [0.15, 0.2) is 6.61 Å². The van der Waals surface area contributed by atoms with Crippen molar-refractivity contribution in [1.29, 1.82) is 0 Å². The summed E-state index contributed by atoms with van der Waals surface area (Å²) in [5.41, 5.74) is 3.55. The first-order valence-corrected chi connectivity index (χ1v) is 10.2. The van der Waals surface area contributed by atoms with E-state index in [4.69, 9.17) is 16.3 Å². The Morgan fingerprint density at radius 1 is 1.28 bits per heavy atom. The van der Waals surface area contributed by atoms with E-state index in [0.29, 0.717) is 11.6 Å². The Morgan fingerprint density at radius 3 is 2.72 bits per heavy atom. The monoisotopic (exact) mass is 415 g/mol. The topological polar surface area (TPSA) is 73.2 Å². The molecule has 1 N–H and O–H groups in total. The molecular formula is C22H26ClN3O3. The number of aromatic nitrogens is 2. The lowest BCUT2D eigenvalue weighted by Crippen LogP contribution is -2.35. The third-order valence-corrected chi connectivity index (χ3v) is 5.54. The second-order valence-corrected chi connectivity index (χ2v) is 7.73. The first-order chi connectivity index (χ1) is 13.9. The summed E-state index contributed by atoms with van der Waals surface area (Å²) in [7, 11) is 0. The summed E-state index contributed by atoms with van der Waals surface area (Å²) < 4.78 is 6.91. The summed E-state index contributed by atoms with van der Waals surface area (Å²) in [5.74, 6) is -0.803. The SMILES string of the molecule is Cc1nn(Cc2ccccc2Cl)c(C)c1/C=C/C(=O)OCC(=O)NC1CCCC1. The highest BCUT2D eigenvalue weighted by atomic mass is 35.5. The molecule has 1 aromatic heterocycles. The fourth-order valence-electron chi connectivity index (χ4n) is 3.57. The highest BCUT2D eigenvalue weighted by molar-refractivity contribution is 6.31. The fraction of sp³-hybridized carbons (Fsp3) is 0.409. The number of amides is 1. The van der Waals surface area contributed by atoms with Gasteiger partial charge in [0, 0.05) is 28.4 Å². The van der Waals surface area contributed by atoms with E-state index in [0.717, 1.165) is 48.2 Å².